The van der Waals surface area contributed by atoms with Crippen molar-refractivity contribution in [3.63, 3.8) is 0 Å². The van der Waals surface area contributed by atoms with Crippen molar-refractivity contribution in [3.05, 3.63) is 77.5 Å². The van der Waals surface area contributed by atoms with Crippen LogP contribution >= 0.6 is 0 Å². The quantitative estimate of drug-likeness (QED) is 0.0637. The molecule has 0 fully saturated rings. The molecule has 14 heteroatoms. The molecule has 0 bridgehead atoms. The summed E-state index contributed by atoms with van der Waals surface area (Å²) in [5, 5.41) is 6.25. The summed E-state index contributed by atoms with van der Waals surface area (Å²) in [5.41, 5.74) is 14.2. The van der Waals surface area contributed by atoms with Gasteiger partial charge in [-0.3, -0.25) is 0 Å². The number of carbonyl (C=O) groups excluding carboxylic acids is 2. The number of ether oxygens (including phenoxy) is 2. The van der Waals surface area contributed by atoms with Crippen LogP contribution in [-0.4, -0.2) is 25.2 Å². The van der Waals surface area contributed by atoms with Gasteiger partial charge in [-0.05, 0) is 34.7 Å². The summed E-state index contributed by atoms with van der Waals surface area (Å²) in [6.45, 7) is 11.4. The lowest BCUT2D eigenvalue weighted by Gasteiger charge is -2.22. The van der Waals surface area contributed by atoms with Crippen LogP contribution in [0.5, 0.6) is 0 Å². The highest BCUT2D eigenvalue weighted by molar-refractivity contribution is 5.95. The SMILES string of the molecule is CC(C)c1c(F)c(N=[N+]=[N-])c(F)c(C(C)C)c1C(=O)OCCOC(=O)c1c(C(C)C)c(F)c(N=[N+]=[N-])c(F)c1C(C)C. The van der Waals surface area contributed by atoms with Crippen molar-refractivity contribution in [2.75, 3.05) is 13.2 Å². The van der Waals surface area contributed by atoms with Crippen molar-refractivity contribution >= 4 is 23.3 Å². The molecule has 0 aliphatic carbocycles. The van der Waals surface area contributed by atoms with Crippen molar-refractivity contribution in [2.24, 2.45) is 10.2 Å². The molecule has 0 aliphatic rings. The largest absolute Gasteiger partial charge is 0.458 e. The summed E-state index contributed by atoms with van der Waals surface area (Å²) in [6.07, 6.45) is 0. The first-order chi connectivity index (χ1) is 19.6. The monoisotopic (exact) mass is 592 g/mol. The van der Waals surface area contributed by atoms with Gasteiger partial charge in [-0.2, -0.15) is 0 Å². The molecule has 226 valence electrons. The topological polar surface area (TPSA) is 150 Å². The van der Waals surface area contributed by atoms with Crippen LogP contribution in [0.25, 0.3) is 20.9 Å². The van der Waals surface area contributed by atoms with Crippen molar-refractivity contribution < 1.29 is 36.6 Å². The van der Waals surface area contributed by atoms with Gasteiger partial charge in [0.2, 0.25) is 0 Å². The fraction of sp³-hybridized carbons (Fsp3) is 0.500. The van der Waals surface area contributed by atoms with Crippen molar-refractivity contribution in [3.8, 4) is 0 Å². The predicted octanol–water partition coefficient (Wildman–Crippen LogP) is 9.63. The van der Waals surface area contributed by atoms with Crippen LogP contribution in [0.1, 0.15) is 122 Å². The molecule has 2 aromatic rings. The van der Waals surface area contributed by atoms with Gasteiger partial charge in [-0.25, -0.2) is 27.2 Å². The van der Waals surface area contributed by atoms with E-state index in [2.05, 4.69) is 20.1 Å². The molecule has 0 atom stereocenters. The standard InChI is InChI=1S/C28H32F4N6O4/c1-11(2)15-19(16(12(3)4)22(30)25(21(15)29)35-37-33)27(39)41-9-10-42-28(40)20-17(13(5)6)23(31)26(36-38-34)24(32)18(20)14(7)8/h11-14H,9-10H2,1-8H3. The average Bonchev–Trinajstić information content (AvgIpc) is 2.89. The van der Waals surface area contributed by atoms with E-state index in [9.17, 15) is 9.59 Å². The summed E-state index contributed by atoms with van der Waals surface area (Å²) in [4.78, 5) is 31.2. The molecule has 0 saturated carbocycles. The van der Waals surface area contributed by atoms with Crippen molar-refractivity contribution in [1.29, 1.82) is 0 Å². The molecule has 0 saturated heterocycles. The highest BCUT2D eigenvalue weighted by Gasteiger charge is 2.33. The number of esters is 2. The van der Waals surface area contributed by atoms with Crippen LogP contribution in [0.3, 0.4) is 0 Å². The molecule has 2 aromatic carbocycles. The molecule has 0 heterocycles. The van der Waals surface area contributed by atoms with E-state index in [1.165, 1.54) is 0 Å². The maximum Gasteiger partial charge on any atom is 0.339 e. The molecule has 0 aliphatic heterocycles. The Kier molecular flexibility index (Phi) is 11.4. The number of rotatable bonds is 11. The molecule has 0 spiro atoms. The predicted molar refractivity (Wildman–Crippen MR) is 147 cm³/mol. The Labute approximate surface area is 240 Å². The van der Waals surface area contributed by atoms with Gasteiger partial charge in [0.05, 0.1) is 11.1 Å². The van der Waals surface area contributed by atoms with E-state index in [4.69, 9.17) is 20.5 Å². The normalized spacial score (nSPS) is 11.1. The Bertz CT molecular complexity index is 1310. The zero-order valence-electron chi connectivity index (χ0n) is 24.6. The second-order valence-electron chi connectivity index (χ2n) is 10.6. The highest BCUT2D eigenvalue weighted by atomic mass is 19.1. The van der Waals surface area contributed by atoms with E-state index in [-0.39, 0.29) is 33.4 Å². The summed E-state index contributed by atoms with van der Waals surface area (Å²) < 4.78 is 71.2. The lowest BCUT2D eigenvalue weighted by Crippen LogP contribution is -2.21. The van der Waals surface area contributed by atoms with Crippen LogP contribution < -0.4 is 0 Å². The van der Waals surface area contributed by atoms with E-state index >= 15 is 17.6 Å². The van der Waals surface area contributed by atoms with Crippen LogP contribution in [0.4, 0.5) is 28.9 Å². The molecule has 0 unspecified atom stereocenters. The third-order valence-corrected chi connectivity index (χ3v) is 6.41. The molecular formula is C28H32F4N6O4. The number of hydrogen-bond donors (Lipinski definition) is 0. The van der Waals surface area contributed by atoms with Gasteiger partial charge in [-0.15, -0.1) is 0 Å². The zero-order valence-corrected chi connectivity index (χ0v) is 24.6. The van der Waals surface area contributed by atoms with Gasteiger partial charge in [0.15, 0.2) is 0 Å². The van der Waals surface area contributed by atoms with E-state index in [1.807, 2.05) is 0 Å². The molecule has 0 radical (unpaired) electrons. The first-order valence-electron chi connectivity index (χ1n) is 13.2. The lowest BCUT2D eigenvalue weighted by atomic mass is 9.86. The average molecular weight is 593 g/mol. The zero-order chi connectivity index (χ0) is 32.0. The third-order valence-electron chi connectivity index (χ3n) is 6.41. The Morgan fingerprint density at radius 2 is 0.833 bits per heavy atom. The van der Waals surface area contributed by atoms with Gasteiger partial charge in [0.1, 0.15) is 47.9 Å². The maximum absolute atomic E-state index is 15.2. The number of hydrogen-bond acceptors (Lipinski definition) is 6. The van der Waals surface area contributed by atoms with Gasteiger partial charge in [0, 0.05) is 32.1 Å². The van der Waals surface area contributed by atoms with Crippen molar-refractivity contribution in [1.82, 2.24) is 0 Å². The van der Waals surface area contributed by atoms with Gasteiger partial charge >= 0.3 is 11.9 Å². The minimum absolute atomic E-state index is 0.210. The molecule has 0 N–H and O–H groups in total. The van der Waals surface area contributed by atoms with Crippen LogP contribution in [0.15, 0.2) is 10.2 Å². The first-order valence-corrected chi connectivity index (χ1v) is 13.2. The summed E-state index contributed by atoms with van der Waals surface area (Å²) >= 11 is 0. The summed E-state index contributed by atoms with van der Waals surface area (Å²) in [7, 11) is 0. The van der Waals surface area contributed by atoms with Crippen molar-refractivity contribution in [2.45, 2.75) is 79.1 Å². The Morgan fingerprint density at radius 1 is 0.595 bits per heavy atom. The Balaban J connectivity index is 2.45. The van der Waals surface area contributed by atoms with Crippen LogP contribution in [0, 0.1) is 23.3 Å². The summed E-state index contributed by atoms with van der Waals surface area (Å²) in [6, 6.07) is 0. The fourth-order valence-electron chi connectivity index (χ4n) is 4.72. The second kappa shape index (κ2) is 14.1. The van der Waals surface area contributed by atoms with Gasteiger partial charge in [0.25, 0.3) is 0 Å². The lowest BCUT2D eigenvalue weighted by molar-refractivity contribution is 0.0261. The fourth-order valence-corrected chi connectivity index (χ4v) is 4.72. The Morgan fingerprint density at radius 3 is 1.02 bits per heavy atom. The number of nitrogens with zero attached hydrogens (tertiary/aromatic N) is 6. The molecule has 2 rings (SSSR count). The third kappa shape index (κ3) is 6.61. The minimum atomic E-state index is -1.20. The van der Waals surface area contributed by atoms with E-state index in [0.717, 1.165) is 0 Å². The summed E-state index contributed by atoms with van der Waals surface area (Å²) in [5.74, 6) is -9.56. The smallest absolute Gasteiger partial charge is 0.339 e. The second-order valence-corrected chi connectivity index (χ2v) is 10.6. The van der Waals surface area contributed by atoms with E-state index < -0.39 is 83.5 Å². The van der Waals surface area contributed by atoms with Gasteiger partial charge in [-0.1, -0.05) is 65.6 Å². The molecular weight excluding hydrogens is 560 g/mol. The van der Waals surface area contributed by atoms with Gasteiger partial charge < -0.3 is 9.47 Å². The highest BCUT2D eigenvalue weighted by Crippen LogP contribution is 2.41. The first kappa shape index (κ1) is 33.9. The number of benzene rings is 2. The number of halogens is 4. The van der Waals surface area contributed by atoms with Crippen LogP contribution in [0.2, 0.25) is 0 Å². The molecule has 0 amide bonds. The molecule has 0 aromatic heterocycles. The molecule has 42 heavy (non-hydrogen) atoms. The van der Waals surface area contributed by atoms with E-state index in [0.29, 0.717) is 0 Å². The minimum Gasteiger partial charge on any atom is -0.458 e. The molecule has 10 nitrogen and oxygen atoms in total. The van der Waals surface area contributed by atoms with E-state index in [1.54, 1.807) is 55.4 Å². The van der Waals surface area contributed by atoms with Crippen LogP contribution in [-0.2, 0) is 9.47 Å². The Hall–Kier alpha value is -4.28. The number of azide groups is 2. The number of carbonyl (C=O) groups is 2. The maximum atomic E-state index is 15.2.